The van der Waals surface area contributed by atoms with Crippen molar-refractivity contribution in [3.8, 4) is 0 Å². The molecule has 0 aliphatic carbocycles. The molecule has 0 saturated carbocycles. The van der Waals surface area contributed by atoms with Gasteiger partial charge in [0.1, 0.15) is 0 Å². The van der Waals surface area contributed by atoms with Crippen LogP contribution in [0.2, 0.25) is 0 Å². The van der Waals surface area contributed by atoms with Gasteiger partial charge in [-0.25, -0.2) is 4.98 Å². The molecule has 0 radical (unpaired) electrons. The Morgan fingerprint density at radius 2 is 2.36 bits per heavy atom. The molecule has 1 fully saturated rings. The quantitative estimate of drug-likeness (QED) is 0.727. The molecule has 3 nitrogen and oxygen atoms in total. The molecule has 0 spiro atoms. The lowest BCUT2D eigenvalue weighted by Crippen LogP contribution is -2.28. The predicted octanol–water partition coefficient (Wildman–Crippen LogP) is 1.61. The SMILES string of the molecule is CC(C)N1CC[C@H](Cn2ccnc2)C1. The molecule has 3 heteroatoms. The number of rotatable bonds is 3. The lowest BCUT2D eigenvalue weighted by molar-refractivity contribution is 0.260. The first kappa shape index (κ1) is 9.71. The highest BCUT2D eigenvalue weighted by Crippen LogP contribution is 2.19. The van der Waals surface area contributed by atoms with Gasteiger partial charge < -0.3 is 9.47 Å². The van der Waals surface area contributed by atoms with E-state index in [2.05, 4.69) is 34.5 Å². The normalized spacial score (nSPS) is 23.5. The average molecular weight is 193 g/mol. The molecule has 2 rings (SSSR count). The molecule has 1 aromatic rings. The second-order valence-electron chi connectivity index (χ2n) is 4.50. The summed E-state index contributed by atoms with van der Waals surface area (Å²) in [4.78, 5) is 6.62. The van der Waals surface area contributed by atoms with Gasteiger partial charge in [-0.1, -0.05) is 0 Å². The van der Waals surface area contributed by atoms with Crippen molar-refractivity contribution in [1.29, 1.82) is 0 Å². The maximum absolute atomic E-state index is 4.07. The van der Waals surface area contributed by atoms with Crippen LogP contribution in [0, 0.1) is 5.92 Å². The molecular weight excluding hydrogens is 174 g/mol. The number of hydrogen-bond donors (Lipinski definition) is 0. The van der Waals surface area contributed by atoms with Crippen molar-refractivity contribution in [2.75, 3.05) is 13.1 Å². The Hall–Kier alpha value is -0.830. The zero-order valence-electron chi connectivity index (χ0n) is 9.06. The van der Waals surface area contributed by atoms with Crippen molar-refractivity contribution in [2.45, 2.75) is 32.9 Å². The van der Waals surface area contributed by atoms with Gasteiger partial charge in [0.15, 0.2) is 0 Å². The largest absolute Gasteiger partial charge is 0.337 e. The zero-order valence-corrected chi connectivity index (χ0v) is 9.06. The third kappa shape index (κ3) is 2.15. The van der Waals surface area contributed by atoms with Crippen molar-refractivity contribution in [1.82, 2.24) is 14.5 Å². The second-order valence-corrected chi connectivity index (χ2v) is 4.50. The highest BCUT2D eigenvalue weighted by atomic mass is 15.2. The van der Waals surface area contributed by atoms with Crippen LogP contribution in [0.1, 0.15) is 20.3 Å². The topological polar surface area (TPSA) is 21.1 Å². The van der Waals surface area contributed by atoms with Crippen molar-refractivity contribution >= 4 is 0 Å². The van der Waals surface area contributed by atoms with E-state index in [0.717, 1.165) is 12.5 Å². The van der Waals surface area contributed by atoms with Crippen LogP contribution >= 0.6 is 0 Å². The van der Waals surface area contributed by atoms with Crippen LogP contribution in [0.25, 0.3) is 0 Å². The fraction of sp³-hybridized carbons (Fsp3) is 0.727. The van der Waals surface area contributed by atoms with Crippen molar-refractivity contribution < 1.29 is 0 Å². The van der Waals surface area contributed by atoms with Crippen molar-refractivity contribution in [2.24, 2.45) is 5.92 Å². The molecule has 1 aliphatic heterocycles. The van der Waals surface area contributed by atoms with Gasteiger partial charge in [-0.3, -0.25) is 0 Å². The van der Waals surface area contributed by atoms with Gasteiger partial charge in [0.25, 0.3) is 0 Å². The van der Waals surface area contributed by atoms with Gasteiger partial charge in [-0.05, 0) is 32.7 Å². The highest BCUT2D eigenvalue weighted by molar-refractivity contribution is 4.81. The molecule has 14 heavy (non-hydrogen) atoms. The van der Waals surface area contributed by atoms with Gasteiger partial charge in [0, 0.05) is 31.5 Å². The Kier molecular flexibility index (Phi) is 2.87. The summed E-state index contributed by atoms with van der Waals surface area (Å²) in [6.07, 6.45) is 7.15. The van der Waals surface area contributed by atoms with Gasteiger partial charge in [-0.15, -0.1) is 0 Å². The Morgan fingerprint density at radius 1 is 1.50 bits per heavy atom. The molecule has 1 aromatic heterocycles. The smallest absolute Gasteiger partial charge is 0.0946 e. The van der Waals surface area contributed by atoms with Crippen LogP contribution in [0.15, 0.2) is 18.7 Å². The minimum atomic E-state index is 0.697. The van der Waals surface area contributed by atoms with E-state index in [9.17, 15) is 0 Å². The Morgan fingerprint density at radius 3 is 2.93 bits per heavy atom. The van der Waals surface area contributed by atoms with E-state index < -0.39 is 0 Å². The van der Waals surface area contributed by atoms with Crippen LogP contribution in [-0.4, -0.2) is 33.6 Å². The summed E-state index contributed by atoms with van der Waals surface area (Å²) in [5, 5.41) is 0. The van der Waals surface area contributed by atoms with E-state index in [1.807, 2.05) is 12.5 Å². The van der Waals surface area contributed by atoms with Crippen LogP contribution in [-0.2, 0) is 6.54 Å². The first-order chi connectivity index (χ1) is 6.75. The van der Waals surface area contributed by atoms with Gasteiger partial charge >= 0.3 is 0 Å². The van der Waals surface area contributed by atoms with E-state index in [4.69, 9.17) is 0 Å². The molecular formula is C11H19N3. The van der Waals surface area contributed by atoms with E-state index in [1.54, 1.807) is 0 Å². The first-order valence-corrected chi connectivity index (χ1v) is 5.45. The third-order valence-electron chi connectivity index (χ3n) is 3.08. The molecule has 1 saturated heterocycles. The van der Waals surface area contributed by atoms with Crippen molar-refractivity contribution in [3.05, 3.63) is 18.7 Å². The van der Waals surface area contributed by atoms with Crippen LogP contribution in [0.4, 0.5) is 0 Å². The molecule has 1 aliphatic rings. The van der Waals surface area contributed by atoms with Crippen LogP contribution in [0.3, 0.4) is 0 Å². The fourth-order valence-electron chi connectivity index (χ4n) is 2.17. The molecule has 2 heterocycles. The highest BCUT2D eigenvalue weighted by Gasteiger charge is 2.23. The Balaban J connectivity index is 1.84. The van der Waals surface area contributed by atoms with E-state index in [0.29, 0.717) is 6.04 Å². The van der Waals surface area contributed by atoms with E-state index >= 15 is 0 Å². The standard InChI is InChI=1S/C11H19N3/c1-10(2)14-5-3-11(8-14)7-13-6-4-12-9-13/h4,6,9-11H,3,5,7-8H2,1-2H3/t11-/m1/s1. The van der Waals surface area contributed by atoms with Gasteiger partial charge in [0.05, 0.1) is 6.33 Å². The summed E-state index contributed by atoms with van der Waals surface area (Å²) in [5.74, 6) is 0.812. The molecule has 0 bridgehead atoms. The molecule has 1 atom stereocenters. The van der Waals surface area contributed by atoms with Gasteiger partial charge in [0.2, 0.25) is 0 Å². The number of hydrogen-bond acceptors (Lipinski definition) is 2. The summed E-state index contributed by atoms with van der Waals surface area (Å²) in [6.45, 7) is 8.19. The predicted molar refractivity (Wildman–Crippen MR) is 57.0 cm³/mol. The zero-order chi connectivity index (χ0) is 9.97. The van der Waals surface area contributed by atoms with Crippen LogP contribution < -0.4 is 0 Å². The number of likely N-dealkylation sites (tertiary alicyclic amines) is 1. The number of aromatic nitrogens is 2. The lowest BCUT2D eigenvalue weighted by atomic mass is 10.1. The van der Waals surface area contributed by atoms with Crippen molar-refractivity contribution in [3.63, 3.8) is 0 Å². The summed E-state index contributed by atoms with van der Waals surface area (Å²) >= 11 is 0. The average Bonchev–Trinajstić information content (AvgIpc) is 2.75. The minimum absolute atomic E-state index is 0.697. The Labute approximate surface area is 85.7 Å². The lowest BCUT2D eigenvalue weighted by Gasteiger charge is -2.20. The molecule has 0 aromatic carbocycles. The Bertz CT molecular complexity index is 266. The van der Waals surface area contributed by atoms with Crippen LogP contribution in [0.5, 0.6) is 0 Å². The van der Waals surface area contributed by atoms with E-state index in [1.165, 1.54) is 19.5 Å². The number of nitrogens with zero attached hydrogens (tertiary/aromatic N) is 3. The summed E-state index contributed by atoms with van der Waals surface area (Å²) in [6, 6.07) is 0.697. The maximum atomic E-state index is 4.07. The maximum Gasteiger partial charge on any atom is 0.0946 e. The van der Waals surface area contributed by atoms with Gasteiger partial charge in [-0.2, -0.15) is 0 Å². The second kappa shape index (κ2) is 4.13. The summed E-state index contributed by atoms with van der Waals surface area (Å²) in [7, 11) is 0. The molecule has 0 amide bonds. The number of imidazole rings is 1. The summed E-state index contributed by atoms with van der Waals surface area (Å²) < 4.78 is 2.19. The molecule has 0 N–H and O–H groups in total. The summed E-state index contributed by atoms with van der Waals surface area (Å²) in [5.41, 5.74) is 0. The minimum Gasteiger partial charge on any atom is -0.337 e. The first-order valence-electron chi connectivity index (χ1n) is 5.45. The van der Waals surface area contributed by atoms with E-state index in [-0.39, 0.29) is 0 Å². The third-order valence-corrected chi connectivity index (χ3v) is 3.08. The fourth-order valence-corrected chi connectivity index (χ4v) is 2.17. The monoisotopic (exact) mass is 193 g/mol. The molecule has 0 unspecified atom stereocenters. The molecule has 78 valence electrons.